The van der Waals surface area contributed by atoms with E-state index in [-0.39, 0.29) is 47.9 Å². The standard InChI is InChI=1S/C14H20N2O4S/c1-15(10-6-7-21(19,20)8-10)9-16-13(17)11-4-2-3-5-12(11)14(16)18/h2-3,10-12H,4-9H2,1H3/t10-,11-,12-/m1/s1. The second kappa shape index (κ2) is 5.21. The van der Waals surface area contributed by atoms with Gasteiger partial charge in [-0.2, -0.15) is 0 Å². The number of fused-ring (bicyclic) bond motifs is 1. The van der Waals surface area contributed by atoms with Gasteiger partial charge in [0.15, 0.2) is 9.84 Å². The molecule has 0 spiro atoms. The summed E-state index contributed by atoms with van der Waals surface area (Å²) >= 11 is 0. The van der Waals surface area contributed by atoms with Gasteiger partial charge in [0.25, 0.3) is 0 Å². The van der Waals surface area contributed by atoms with E-state index in [2.05, 4.69) is 0 Å². The summed E-state index contributed by atoms with van der Waals surface area (Å²) in [6.07, 6.45) is 5.76. The van der Waals surface area contributed by atoms with E-state index in [4.69, 9.17) is 0 Å². The Balaban J connectivity index is 1.68. The van der Waals surface area contributed by atoms with Crippen LogP contribution in [-0.2, 0) is 19.4 Å². The Kier molecular flexibility index (Phi) is 3.65. The Morgan fingerprint density at radius 2 is 1.76 bits per heavy atom. The lowest BCUT2D eigenvalue weighted by molar-refractivity contribution is -0.142. The molecular weight excluding hydrogens is 292 g/mol. The Morgan fingerprint density at radius 1 is 1.19 bits per heavy atom. The zero-order chi connectivity index (χ0) is 15.2. The van der Waals surface area contributed by atoms with Gasteiger partial charge in [0.05, 0.1) is 30.0 Å². The summed E-state index contributed by atoms with van der Waals surface area (Å²) < 4.78 is 23.1. The SMILES string of the molecule is CN(CN1C(=O)[C@@H]2CC=CC[C@H]2C1=O)[C@@H]1CCS(=O)(=O)C1. The largest absolute Gasteiger partial charge is 0.285 e. The molecule has 0 radical (unpaired) electrons. The van der Waals surface area contributed by atoms with E-state index in [0.29, 0.717) is 19.3 Å². The van der Waals surface area contributed by atoms with Crippen LogP contribution in [0.15, 0.2) is 12.2 Å². The number of amides is 2. The van der Waals surface area contributed by atoms with Crippen molar-refractivity contribution in [2.24, 2.45) is 11.8 Å². The number of allylic oxidation sites excluding steroid dienone is 2. The maximum absolute atomic E-state index is 12.4. The van der Waals surface area contributed by atoms with Crippen molar-refractivity contribution in [1.29, 1.82) is 0 Å². The molecule has 6 nitrogen and oxygen atoms in total. The van der Waals surface area contributed by atoms with E-state index in [9.17, 15) is 18.0 Å². The van der Waals surface area contributed by atoms with Crippen LogP contribution in [0.3, 0.4) is 0 Å². The van der Waals surface area contributed by atoms with Crippen molar-refractivity contribution < 1.29 is 18.0 Å². The smallest absolute Gasteiger partial charge is 0.234 e. The molecule has 7 heteroatoms. The zero-order valence-corrected chi connectivity index (χ0v) is 12.9. The molecule has 0 unspecified atom stereocenters. The lowest BCUT2D eigenvalue weighted by Crippen LogP contribution is -2.44. The van der Waals surface area contributed by atoms with Gasteiger partial charge in [-0.25, -0.2) is 8.42 Å². The molecule has 3 aliphatic rings. The predicted molar refractivity (Wildman–Crippen MR) is 76.9 cm³/mol. The number of hydrogen-bond acceptors (Lipinski definition) is 5. The first-order valence-electron chi connectivity index (χ1n) is 7.30. The highest BCUT2D eigenvalue weighted by atomic mass is 32.2. The first-order chi connectivity index (χ1) is 9.89. The fourth-order valence-corrected chi connectivity index (χ4v) is 5.28. The molecule has 0 aromatic rings. The highest BCUT2D eigenvalue weighted by molar-refractivity contribution is 7.91. The Morgan fingerprint density at radius 3 is 2.24 bits per heavy atom. The van der Waals surface area contributed by atoms with Crippen LogP contribution in [-0.4, -0.2) is 61.3 Å². The summed E-state index contributed by atoms with van der Waals surface area (Å²) in [5.74, 6) is -0.344. The fraction of sp³-hybridized carbons (Fsp3) is 0.714. The maximum Gasteiger partial charge on any atom is 0.234 e. The number of sulfone groups is 1. The molecule has 0 aromatic carbocycles. The topological polar surface area (TPSA) is 74.8 Å². The highest BCUT2D eigenvalue weighted by Crippen LogP contribution is 2.35. The summed E-state index contributed by atoms with van der Waals surface area (Å²) in [4.78, 5) is 27.8. The first kappa shape index (κ1) is 14.7. The van der Waals surface area contributed by atoms with E-state index in [1.54, 1.807) is 7.05 Å². The van der Waals surface area contributed by atoms with Gasteiger partial charge in [-0.1, -0.05) is 12.2 Å². The first-order valence-corrected chi connectivity index (χ1v) is 9.12. The molecule has 2 heterocycles. The van der Waals surface area contributed by atoms with Crippen molar-refractivity contribution in [3.63, 3.8) is 0 Å². The molecule has 2 amide bonds. The second-order valence-corrected chi connectivity index (χ2v) is 8.44. The summed E-state index contributed by atoms with van der Waals surface area (Å²) in [6, 6.07) is -0.101. The number of carbonyl (C=O) groups excluding carboxylic acids is 2. The molecule has 2 saturated heterocycles. The normalized spacial score (nSPS) is 34.8. The van der Waals surface area contributed by atoms with Crippen molar-refractivity contribution >= 4 is 21.7 Å². The third-order valence-corrected chi connectivity index (χ3v) is 6.55. The highest BCUT2D eigenvalue weighted by Gasteiger charge is 2.47. The third-order valence-electron chi connectivity index (χ3n) is 4.80. The Bertz CT molecular complexity index is 572. The lowest BCUT2D eigenvalue weighted by atomic mass is 9.85. The van der Waals surface area contributed by atoms with E-state index in [0.717, 1.165) is 0 Å². The molecule has 116 valence electrons. The number of hydrogen-bond donors (Lipinski definition) is 0. The minimum Gasteiger partial charge on any atom is -0.285 e. The number of likely N-dealkylation sites (tertiary alicyclic amines) is 1. The monoisotopic (exact) mass is 312 g/mol. The van der Waals surface area contributed by atoms with Gasteiger partial charge in [0.1, 0.15) is 0 Å². The third kappa shape index (κ3) is 2.64. The van der Waals surface area contributed by atoms with Gasteiger partial charge in [-0.3, -0.25) is 19.4 Å². The summed E-state index contributed by atoms with van der Waals surface area (Å²) in [5, 5.41) is 0. The average Bonchev–Trinajstić information content (AvgIpc) is 2.93. The van der Waals surface area contributed by atoms with Crippen LogP contribution in [0.2, 0.25) is 0 Å². The van der Waals surface area contributed by atoms with Crippen molar-refractivity contribution in [3.8, 4) is 0 Å². The van der Waals surface area contributed by atoms with Crippen LogP contribution >= 0.6 is 0 Å². The van der Waals surface area contributed by atoms with Crippen molar-refractivity contribution in [2.45, 2.75) is 25.3 Å². The Hall–Kier alpha value is -1.21. The quantitative estimate of drug-likeness (QED) is 0.542. The number of nitrogens with zero attached hydrogens (tertiary/aromatic N) is 2. The van der Waals surface area contributed by atoms with Crippen molar-refractivity contribution in [3.05, 3.63) is 12.2 Å². The van der Waals surface area contributed by atoms with E-state index in [1.807, 2.05) is 17.1 Å². The van der Waals surface area contributed by atoms with E-state index in [1.165, 1.54) is 4.90 Å². The minimum atomic E-state index is -2.96. The van der Waals surface area contributed by atoms with E-state index >= 15 is 0 Å². The minimum absolute atomic E-state index is 0.101. The molecule has 0 bridgehead atoms. The molecule has 0 aromatic heterocycles. The molecule has 1 aliphatic carbocycles. The average molecular weight is 312 g/mol. The molecule has 2 aliphatic heterocycles. The van der Waals surface area contributed by atoms with Crippen LogP contribution in [0, 0.1) is 11.8 Å². The Labute approximate surface area is 124 Å². The van der Waals surface area contributed by atoms with Gasteiger partial charge in [-0.15, -0.1) is 0 Å². The molecule has 3 rings (SSSR count). The van der Waals surface area contributed by atoms with Crippen molar-refractivity contribution in [1.82, 2.24) is 9.80 Å². The van der Waals surface area contributed by atoms with Gasteiger partial charge in [0, 0.05) is 6.04 Å². The van der Waals surface area contributed by atoms with Crippen LogP contribution in [0.4, 0.5) is 0 Å². The predicted octanol–water partition coefficient (Wildman–Crippen LogP) is 0.0140. The molecule has 2 fully saturated rings. The van der Waals surface area contributed by atoms with Gasteiger partial charge in [0.2, 0.25) is 11.8 Å². The fourth-order valence-electron chi connectivity index (χ4n) is 3.47. The molecular formula is C14H20N2O4S. The lowest BCUT2D eigenvalue weighted by Gasteiger charge is -2.27. The number of imide groups is 1. The van der Waals surface area contributed by atoms with Crippen LogP contribution in [0.25, 0.3) is 0 Å². The molecule has 3 atom stereocenters. The van der Waals surface area contributed by atoms with Gasteiger partial charge in [-0.05, 0) is 26.3 Å². The molecule has 21 heavy (non-hydrogen) atoms. The summed E-state index contributed by atoms with van der Waals surface area (Å²) in [6.45, 7) is 0.199. The van der Waals surface area contributed by atoms with Crippen LogP contribution in [0.1, 0.15) is 19.3 Å². The van der Waals surface area contributed by atoms with Crippen LogP contribution < -0.4 is 0 Å². The van der Waals surface area contributed by atoms with E-state index < -0.39 is 9.84 Å². The van der Waals surface area contributed by atoms with Gasteiger partial charge >= 0.3 is 0 Å². The zero-order valence-electron chi connectivity index (χ0n) is 12.1. The van der Waals surface area contributed by atoms with Crippen LogP contribution in [0.5, 0.6) is 0 Å². The van der Waals surface area contributed by atoms with Crippen molar-refractivity contribution in [2.75, 3.05) is 25.2 Å². The van der Waals surface area contributed by atoms with Gasteiger partial charge < -0.3 is 0 Å². The summed E-state index contributed by atoms with van der Waals surface area (Å²) in [5.41, 5.74) is 0. The number of rotatable bonds is 3. The molecule has 0 N–H and O–H groups in total. The summed E-state index contributed by atoms with van der Waals surface area (Å²) in [7, 11) is -1.18. The second-order valence-electron chi connectivity index (χ2n) is 6.22. The number of carbonyl (C=O) groups is 2. The maximum atomic E-state index is 12.4. The molecule has 0 saturated carbocycles.